The molecule has 0 bridgehead atoms. The lowest BCUT2D eigenvalue weighted by atomic mass is 9.71. The molecule has 4 rings (SSSR count). The second-order valence-corrected chi connectivity index (χ2v) is 9.94. The van der Waals surface area contributed by atoms with Crippen LogP contribution in [0.5, 0.6) is 0 Å². The van der Waals surface area contributed by atoms with Crippen molar-refractivity contribution in [3.63, 3.8) is 0 Å². The maximum atomic E-state index is 15.2. The third-order valence-electron chi connectivity index (χ3n) is 7.29. The van der Waals surface area contributed by atoms with Crippen molar-refractivity contribution in [2.75, 3.05) is 19.6 Å². The summed E-state index contributed by atoms with van der Waals surface area (Å²) in [5, 5.41) is 5.93. The molecule has 0 saturated carbocycles. The van der Waals surface area contributed by atoms with E-state index >= 15 is 4.39 Å². The molecule has 5 nitrogen and oxygen atoms in total. The van der Waals surface area contributed by atoms with Gasteiger partial charge in [0.05, 0.1) is 30.3 Å². The number of hydrogen-bond acceptors (Lipinski definition) is 3. The molecule has 3 unspecified atom stereocenters. The molecule has 2 heterocycles. The highest BCUT2D eigenvalue weighted by Crippen LogP contribution is 2.54. The van der Waals surface area contributed by atoms with E-state index < -0.39 is 70.9 Å². The van der Waals surface area contributed by atoms with Gasteiger partial charge in [0.15, 0.2) is 5.67 Å². The summed E-state index contributed by atoms with van der Waals surface area (Å²) in [6.45, 7) is 2.25. The fourth-order valence-electron chi connectivity index (χ4n) is 5.08. The van der Waals surface area contributed by atoms with Crippen LogP contribution in [0.1, 0.15) is 31.4 Å². The molecule has 40 heavy (non-hydrogen) atoms. The van der Waals surface area contributed by atoms with Gasteiger partial charge in [0.1, 0.15) is 0 Å². The molecular weight excluding hydrogens is 564 g/mol. The first kappa shape index (κ1) is 29.7. The number of benzene rings is 1. The Morgan fingerprint density at radius 3 is 2.17 bits per heavy atom. The Labute approximate surface area is 221 Å². The molecule has 1 saturated heterocycles. The first-order chi connectivity index (χ1) is 18.3. The Morgan fingerprint density at radius 1 is 1.07 bits per heavy atom. The van der Waals surface area contributed by atoms with Crippen molar-refractivity contribution < 1.29 is 53.5 Å². The fraction of sp³-hybridized carbons (Fsp3) is 0.520. The average molecular weight is 587 g/mol. The van der Waals surface area contributed by atoms with Gasteiger partial charge in [0, 0.05) is 13.0 Å². The zero-order valence-corrected chi connectivity index (χ0v) is 20.9. The zero-order chi connectivity index (χ0) is 29.9. The first-order valence-electron chi connectivity index (χ1n) is 12.0. The molecule has 1 fully saturated rings. The first-order valence-corrected chi connectivity index (χ1v) is 12.0. The maximum absolute atomic E-state index is 15.2. The van der Waals surface area contributed by atoms with E-state index in [1.807, 2.05) is 0 Å². The van der Waals surface area contributed by atoms with E-state index in [1.165, 1.54) is 29.2 Å². The van der Waals surface area contributed by atoms with Crippen molar-refractivity contribution >= 4 is 11.7 Å². The summed E-state index contributed by atoms with van der Waals surface area (Å²) in [4.78, 5) is 17.7. The third-order valence-corrected chi connectivity index (χ3v) is 7.29. The number of urea groups is 1. The SMILES string of the molecule is CCNC(=O)N1CC(F)(c2ccc(C3=NOC(C4=CC(C(F)(F)F)=CC(C(F)(F)F)C4C)(C(F)(F)F)C3)cc2)C1. The molecule has 3 aliphatic rings. The number of rotatable bonds is 4. The van der Waals surface area contributed by atoms with E-state index in [0.717, 1.165) is 6.92 Å². The van der Waals surface area contributed by atoms with E-state index in [9.17, 15) is 44.3 Å². The Kier molecular flexibility index (Phi) is 7.19. The molecule has 1 N–H and O–H groups in total. The number of allylic oxidation sites excluding steroid dienone is 3. The van der Waals surface area contributed by atoms with Crippen molar-refractivity contribution in [1.29, 1.82) is 0 Å². The lowest BCUT2D eigenvalue weighted by Gasteiger charge is -2.44. The summed E-state index contributed by atoms with van der Waals surface area (Å²) in [7, 11) is 0. The minimum atomic E-state index is -5.44. The van der Waals surface area contributed by atoms with Gasteiger partial charge in [-0.3, -0.25) is 0 Å². The van der Waals surface area contributed by atoms with Crippen molar-refractivity contribution in [3.8, 4) is 0 Å². The van der Waals surface area contributed by atoms with Crippen molar-refractivity contribution in [3.05, 3.63) is 58.7 Å². The van der Waals surface area contributed by atoms with Crippen LogP contribution in [0.25, 0.3) is 0 Å². The van der Waals surface area contributed by atoms with Crippen LogP contribution in [0, 0.1) is 11.8 Å². The second-order valence-electron chi connectivity index (χ2n) is 9.94. The number of halogens is 10. The summed E-state index contributed by atoms with van der Waals surface area (Å²) >= 11 is 0. The molecule has 2 amide bonds. The Balaban J connectivity index is 1.62. The predicted molar refractivity (Wildman–Crippen MR) is 122 cm³/mol. The maximum Gasteiger partial charge on any atom is 0.435 e. The number of carbonyl (C=O) groups is 1. The van der Waals surface area contributed by atoms with Gasteiger partial charge in [-0.2, -0.15) is 39.5 Å². The number of alkyl halides is 10. The molecule has 3 atom stereocenters. The Hall–Kier alpha value is -3.26. The fourth-order valence-corrected chi connectivity index (χ4v) is 5.08. The summed E-state index contributed by atoms with van der Waals surface area (Å²) < 4.78 is 140. The van der Waals surface area contributed by atoms with Gasteiger partial charge in [-0.25, -0.2) is 9.18 Å². The van der Waals surface area contributed by atoms with E-state index in [-0.39, 0.29) is 36.4 Å². The zero-order valence-electron chi connectivity index (χ0n) is 20.9. The van der Waals surface area contributed by atoms with Gasteiger partial charge in [0.2, 0.25) is 0 Å². The van der Waals surface area contributed by atoms with Gasteiger partial charge in [0.25, 0.3) is 5.60 Å². The number of hydrogen-bond donors (Lipinski definition) is 1. The molecule has 0 aromatic heterocycles. The number of amides is 2. The third kappa shape index (κ3) is 5.14. The standard InChI is InChI=1S/C25H23F10N3O2/c1-3-36-20(39)38-11-21(26,12-38)15-6-4-14(5-7-15)19-10-22(40-37-19,25(33,34)35)17-8-16(23(27,28)29)9-18(13(17)2)24(30,31)32/h4-9,13,18H,3,10-12H2,1-2H3,(H,36,39). The van der Waals surface area contributed by atoms with Gasteiger partial charge < -0.3 is 15.1 Å². The van der Waals surface area contributed by atoms with E-state index in [0.29, 0.717) is 6.54 Å². The van der Waals surface area contributed by atoms with E-state index in [1.54, 1.807) is 6.92 Å². The summed E-state index contributed by atoms with van der Waals surface area (Å²) in [6, 6.07) is 4.49. The Bertz CT molecular complexity index is 1240. The summed E-state index contributed by atoms with van der Waals surface area (Å²) in [5.74, 6) is -4.90. The second kappa shape index (κ2) is 9.68. The van der Waals surface area contributed by atoms with Gasteiger partial charge in [-0.1, -0.05) is 42.4 Å². The minimum Gasteiger partial charge on any atom is -0.374 e. The smallest absolute Gasteiger partial charge is 0.374 e. The van der Waals surface area contributed by atoms with Gasteiger partial charge in [-0.05, 0) is 35.6 Å². The Morgan fingerprint density at radius 2 is 1.68 bits per heavy atom. The van der Waals surface area contributed by atoms with Crippen molar-refractivity contribution in [2.24, 2.45) is 17.0 Å². The molecule has 2 aliphatic heterocycles. The summed E-state index contributed by atoms with van der Waals surface area (Å²) in [6.07, 6.45) is -17.3. The average Bonchev–Trinajstić information content (AvgIpc) is 3.28. The predicted octanol–water partition coefficient (Wildman–Crippen LogP) is 6.57. The highest BCUT2D eigenvalue weighted by Gasteiger charge is 2.66. The van der Waals surface area contributed by atoms with Crippen LogP contribution in [0.4, 0.5) is 48.7 Å². The number of nitrogens with one attached hydrogen (secondary N) is 1. The lowest BCUT2D eigenvalue weighted by Crippen LogP contribution is -2.61. The molecule has 15 heteroatoms. The van der Waals surface area contributed by atoms with Crippen LogP contribution >= 0.6 is 0 Å². The minimum absolute atomic E-state index is 0.00130. The van der Waals surface area contributed by atoms with Crippen LogP contribution in [-0.2, 0) is 10.5 Å². The van der Waals surface area contributed by atoms with Gasteiger partial charge >= 0.3 is 24.6 Å². The normalized spacial score (nSPS) is 26.8. The quantitative estimate of drug-likeness (QED) is 0.406. The molecule has 220 valence electrons. The van der Waals surface area contributed by atoms with Crippen LogP contribution < -0.4 is 5.32 Å². The van der Waals surface area contributed by atoms with Crippen LogP contribution in [0.2, 0.25) is 0 Å². The number of oxime groups is 1. The van der Waals surface area contributed by atoms with Crippen LogP contribution in [0.3, 0.4) is 0 Å². The van der Waals surface area contributed by atoms with Gasteiger partial charge in [-0.15, -0.1) is 0 Å². The number of carbonyl (C=O) groups excluding carboxylic acids is 1. The molecule has 1 aliphatic carbocycles. The highest BCUT2D eigenvalue weighted by molar-refractivity contribution is 6.02. The van der Waals surface area contributed by atoms with E-state index in [2.05, 4.69) is 10.5 Å². The number of likely N-dealkylation sites (tertiary alicyclic amines) is 1. The molecule has 1 aromatic rings. The van der Waals surface area contributed by atoms with E-state index in [4.69, 9.17) is 4.84 Å². The van der Waals surface area contributed by atoms with Crippen LogP contribution in [-0.4, -0.2) is 60.4 Å². The molecule has 0 spiro atoms. The molecule has 0 radical (unpaired) electrons. The van der Waals surface area contributed by atoms with Crippen LogP contribution in [0.15, 0.2) is 52.7 Å². The number of nitrogens with zero attached hydrogens (tertiary/aromatic N) is 2. The van der Waals surface area contributed by atoms with Crippen molar-refractivity contribution in [1.82, 2.24) is 10.2 Å². The lowest BCUT2D eigenvalue weighted by molar-refractivity contribution is -0.258. The monoisotopic (exact) mass is 587 g/mol. The highest BCUT2D eigenvalue weighted by atomic mass is 19.4. The summed E-state index contributed by atoms with van der Waals surface area (Å²) in [5.41, 5.74) is -8.90. The molecular formula is C25H23F10N3O2. The molecule has 1 aromatic carbocycles. The van der Waals surface area contributed by atoms with Crippen molar-refractivity contribution in [2.45, 2.75) is 50.1 Å². The topological polar surface area (TPSA) is 53.9 Å². The largest absolute Gasteiger partial charge is 0.435 e.